The fourth-order valence-corrected chi connectivity index (χ4v) is 2.83. The van der Waals surface area contributed by atoms with Crippen LogP contribution in [0.5, 0.6) is 17.2 Å². The van der Waals surface area contributed by atoms with E-state index in [1.165, 1.54) is 24.3 Å². The van der Waals surface area contributed by atoms with Gasteiger partial charge in [-0.25, -0.2) is 0 Å². The molecule has 0 aromatic heterocycles. The lowest BCUT2D eigenvalue weighted by Gasteiger charge is -2.18. The van der Waals surface area contributed by atoms with Crippen LogP contribution in [0, 0.1) is 0 Å². The number of carbonyl (C=O) groups is 4. The summed E-state index contributed by atoms with van der Waals surface area (Å²) < 4.78 is 20.5. The normalized spacial score (nSPS) is 13.5. The van der Waals surface area contributed by atoms with E-state index in [4.69, 9.17) is 18.9 Å². The van der Waals surface area contributed by atoms with Gasteiger partial charge in [0.05, 0.1) is 5.69 Å². The minimum atomic E-state index is -0.771. The van der Waals surface area contributed by atoms with Crippen molar-refractivity contribution in [3.05, 3.63) is 47.5 Å². The Kier molecular flexibility index (Phi) is 5.21. The van der Waals surface area contributed by atoms with E-state index >= 15 is 0 Å². The van der Waals surface area contributed by atoms with E-state index in [1.54, 1.807) is 12.1 Å². The summed E-state index contributed by atoms with van der Waals surface area (Å²) in [6.07, 6.45) is 0. The van der Waals surface area contributed by atoms with Gasteiger partial charge in [0.15, 0.2) is 30.5 Å². The predicted octanol–water partition coefficient (Wildman–Crippen LogP) is 0.902. The van der Waals surface area contributed by atoms with Gasteiger partial charge in [0, 0.05) is 11.1 Å². The summed E-state index contributed by atoms with van der Waals surface area (Å²) in [5.74, 6) is -0.617. The SMILES string of the molecule is O=C1COc2ccc(C(=O)COC(=O)CNC(=O)c3ccc4c(c3)OCO4)cc2N1. The van der Waals surface area contributed by atoms with Crippen LogP contribution in [0.2, 0.25) is 0 Å². The molecular formula is C20H16N2O8. The van der Waals surface area contributed by atoms with Crippen LogP contribution in [0.3, 0.4) is 0 Å². The number of ketones is 1. The Morgan fingerprint density at radius 2 is 1.73 bits per heavy atom. The lowest BCUT2D eigenvalue weighted by Crippen LogP contribution is -2.31. The highest BCUT2D eigenvalue weighted by Gasteiger charge is 2.19. The molecule has 30 heavy (non-hydrogen) atoms. The second-order valence-corrected chi connectivity index (χ2v) is 6.38. The molecule has 0 aliphatic carbocycles. The molecule has 2 aliphatic rings. The number of anilines is 1. The molecule has 0 radical (unpaired) electrons. The summed E-state index contributed by atoms with van der Waals surface area (Å²) >= 11 is 0. The number of esters is 1. The molecule has 2 heterocycles. The number of fused-ring (bicyclic) bond motifs is 2. The summed E-state index contributed by atoms with van der Waals surface area (Å²) in [5, 5.41) is 5.01. The van der Waals surface area contributed by atoms with Gasteiger partial charge in [0.25, 0.3) is 11.8 Å². The van der Waals surface area contributed by atoms with Gasteiger partial charge in [0.1, 0.15) is 12.3 Å². The topological polar surface area (TPSA) is 129 Å². The highest BCUT2D eigenvalue weighted by molar-refractivity contribution is 6.02. The molecule has 4 rings (SSSR count). The van der Waals surface area contributed by atoms with E-state index in [2.05, 4.69) is 10.6 Å². The summed E-state index contributed by atoms with van der Waals surface area (Å²) in [4.78, 5) is 47.6. The predicted molar refractivity (Wildman–Crippen MR) is 101 cm³/mol. The first-order chi connectivity index (χ1) is 14.5. The van der Waals surface area contributed by atoms with Crippen LogP contribution in [0.15, 0.2) is 36.4 Å². The molecule has 0 spiro atoms. The Hall–Kier alpha value is -4.08. The van der Waals surface area contributed by atoms with Crippen molar-refractivity contribution >= 4 is 29.3 Å². The standard InChI is InChI=1S/C20H16N2O8/c23-14(11-1-3-15-13(5-11)22-18(24)9-27-15)8-28-19(25)7-21-20(26)12-2-4-16-17(6-12)30-10-29-16/h1-6H,7-10H2,(H,21,26)(H,22,24). The van der Waals surface area contributed by atoms with Gasteiger partial charge >= 0.3 is 5.97 Å². The van der Waals surface area contributed by atoms with Gasteiger partial charge in [0.2, 0.25) is 6.79 Å². The number of hydrogen-bond donors (Lipinski definition) is 2. The van der Waals surface area contributed by atoms with E-state index in [-0.39, 0.29) is 24.9 Å². The fraction of sp³-hybridized carbons (Fsp3) is 0.200. The molecule has 2 N–H and O–H groups in total. The second kappa shape index (κ2) is 8.11. The summed E-state index contributed by atoms with van der Waals surface area (Å²) in [5.41, 5.74) is 0.914. The lowest BCUT2D eigenvalue weighted by molar-refractivity contribution is -0.141. The van der Waals surface area contributed by atoms with Crippen LogP contribution < -0.4 is 24.8 Å². The summed E-state index contributed by atoms with van der Waals surface area (Å²) in [6, 6.07) is 9.15. The molecule has 0 saturated carbocycles. The number of amides is 2. The van der Waals surface area contributed by atoms with Crippen molar-refractivity contribution in [1.82, 2.24) is 5.32 Å². The largest absolute Gasteiger partial charge is 0.482 e. The van der Waals surface area contributed by atoms with Crippen LogP contribution in [0.1, 0.15) is 20.7 Å². The van der Waals surface area contributed by atoms with Gasteiger partial charge in [-0.2, -0.15) is 0 Å². The van der Waals surface area contributed by atoms with Gasteiger partial charge < -0.3 is 29.6 Å². The smallest absolute Gasteiger partial charge is 0.325 e. The summed E-state index contributed by atoms with van der Waals surface area (Å²) in [7, 11) is 0. The number of carbonyl (C=O) groups excluding carboxylic acids is 4. The maximum atomic E-state index is 12.2. The third-order valence-corrected chi connectivity index (χ3v) is 4.33. The van der Waals surface area contributed by atoms with Crippen molar-refractivity contribution in [1.29, 1.82) is 0 Å². The molecule has 2 amide bonds. The number of rotatable bonds is 6. The highest BCUT2D eigenvalue weighted by atomic mass is 16.7. The first-order valence-corrected chi connectivity index (χ1v) is 8.93. The molecule has 2 aromatic rings. The minimum absolute atomic E-state index is 0.0874. The van der Waals surface area contributed by atoms with E-state index in [9.17, 15) is 19.2 Å². The Morgan fingerprint density at radius 3 is 2.60 bits per heavy atom. The number of nitrogens with one attached hydrogen (secondary N) is 2. The van der Waals surface area contributed by atoms with Gasteiger partial charge in [-0.05, 0) is 36.4 Å². The van der Waals surface area contributed by atoms with Gasteiger partial charge in [-0.15, -0.1) is 0 Å². The van der Waals surface area contributed by atoms with Crippen molar-refractivity contribution in [3.63, 3.8) is 0 Å². The zero-order valence-corrected chi connectivity index (χ0v) is 15.6. The van der Waals surface area contributed by atoms with E-state index in [1.807, 2.05) is 0 Å². The quantitative estimate of drug-likeness (QED) is 0.529. The number of ether oxygens (including phenoxy) is 4. The van der Waals surface area contributed by atoms with Crippen LogP contribution in [0.4, 0.5) is 5.69 Å². The Balaban J connectivity index is 1.26. The molecule has 2 aromatic carbocycles. The van der Waals surface area contributed by atoms with Gasteiger partial charge in [-0.1, -0.05) is 0 Å². The van der Waals surface area contributed by atoms with Crippen LogP contribution >= 0.6 is 0 Å². The van der Waals surface area contributed by atoms with E-state index in [0.717, 1.165) is 0 Å². The molecule has 0 saturated heterocycles. The van der Waals surface area contributed by atoms with Crippen molar-refractivity contribution in [2.45, 2.75) is 0 Å². The Morgan fingerprint density at radius 1 is 0.967 bits per heavy atom. The first kappa shape index (κ1) is 19.2. The first-order valence-electron chi connectivity index (χ1n) is 8.93. The zero-order valence-electron chi connectivity index (χ0n) is 15.6. The Labute approximate surface area is 170 Å². The van der Waals surface area contributed by atoms with Crippen molar-refractivity contribution < 1.29 is 38.1 Å². The average molecular weight is 412 g/mol. The monoisotopic (exact) mass is 412 g/mol. The third-order valence-electron chi connectivity index (χ3n) is 4.33. The molecule has 2 aliphatic heterocycles. The average Bonchev–Trinajstić information content (AvgIpc) is 3.23. The maximum Gasteiger partial charge on any atom is 0.325 e. The molecule has 10 heteroatoms. The van der Waals surface area contributed by atoms with Crippen LogP contribution in [0.25, 0.3) is 0 Å². The molecule has 0 unspecified atom stereocenters. The van der Waals surface area contributed by atoms with Crippen molar-refractivity contribution in [2.24, 2.45) is 0 Å². The van der Waals surface area contributed by atoms with Crippen LogP contribution in [-0.4, -0.2) is 50.1 Å². The number of hydrogen-bond acceptors (Lipinski definition) is 8. The van der Waals surface area contributed by atoms with E-state index in [0.29, 0.717) is 28.5 Å². The highest BCUT2D eigenvalue weighted by Crippen LogP contribution is 2.32. The molecule has 0 fully saturated rings. The van der Waals surface area contributed by atoms with Crippen molar-refractivity contribution in [3.8, 4) is 17.2 Å². The number of benzene rings is 2. The molecular weight excluding hydrogens is 396 g/mol. The maximum absolute atomic E-state index is 12.2. The fourth-order valence-electron chi connectivity index (χ4n) is 2.83. The number of Topliss-reactive ketones (excluding diaryl/α,β-unsaturated/α-hetero) is 1. The molecule has 0 bridgehead atoms. The molecule has 10 nitrogen and oxygen atoms in total. The Bertz CT molecular complexity index is 1050. The van der Waals surface area contributed by atoms with Crippen LogP contribution in [-0.2, 0) is 14.3 Å². The van der Waals surface area contributed by atoms with Crippen molar-refractivity contribution in [2.75, 3.05) is 31.9 Å². The second-order valence-electron chi connectivity index (χ2n) is 6.38. The van der Waals surface area contributed by atoms with E-state index < -0.39 is 30.8 Å². The summed E-state index contributed by atoms with van der Waals surface area (Å²) in [6.45, 7) is -0.915. The zero-order chi connectivity index (χ0) is 21.1. The molecule has 154 valence electrons. The minimum Gasteiger partial charge on any atom is -0.482 e. The van der Waals surface area contributed by atoms with Gasteiger partial charge in [-0.3, -0.25) is 19.2 Å². The molecule has 0 atom stereocenters. The third kappa shape index (κ3) is 4.17. The lowest BCUT2D eigenvalue weighted by atomic mass is 10.1.